The Kier molecular flexibility index (Phi) is 6.37. The van der Waals surface area contributed by atoms with Crippen LogP contribution in [0.4, 0.5) is 0 Å². The van der Waals surface area contributed by atoms with E-state index in [4.69, 9.17) is 0 Å². The van der Waals surface area contributed by atoms with Crippen LogP contribution in [0.25, 0.3) is 33.7 Å². The number of pyridine rings is 2. The fourth-order valence-corrected chi connectivity index (χ4v) is 3.31. The molecule has 4 aromatic heterocycles. The Bertz CT molecular complexity index is 1350. The molecule has 6 rings (SSSR count). The average Bonchev–Trinajstić information content (AvgIpc) is 3.45. The molecule has 2 aromatic carbocycles. The van der Waals surface area contributed by atoms with Crippen molar-refractivity contribution in [2.75, 3.05) is 0 Å². The SMILES string of the molecule is [Ir].[c-]1ccccc1-c1cn2ccccc2n1.[c-]1ccccc1-c1ncn2ccccc12. The summed E-state index contributed by atoms with van der Waals surface area (Å²) in [6, 6.07) is 34.2. The van der Waals surface area contributed by atoms with E-state index in [0.29, 0.717) is 0 Å². The molecule has 0 saturated heterocycles. The monoisotopic (exact) mass is 579 g/mol. The van der Waals surface area contributed by atoms with E-state index >= 15 is 0 Å². The average molecular weight is 579 g/mol. The van der Waals surface area contributed by atoms with Gasteiger partial charge in [0.05, 0.1) is 6.33 Å². The molecule has 153 valence electrons. The van der Waals surface area contributed by atoms with Gasteiger partial charge in [-0.1, -0.05) is 12.1 Å². The van der Waals surface area contributed by atoms with E-state index in [1.54, 1.807) is 0 Å². The number of hydrogen-bond acceptors (Lipinski definition) is 2. The first kappa shape index (κ1) is 20.7. The van der Waals surface area contributed by atoms with Crippen molar-refractivity contribution in [1.82, 2.24) is 18.8 Å². The molecular formula is C26H18IrN4-2. The predicted octanol–water partition coefficient (Wildman–Crippen LogP) is 5.60. The summed E-state index contributed by atoms with van der Waals surface area (Å²) in [6.07, 6.45) is 7.83. The third kappa shape index (κ3) is 4.48. The number of imidazole rings is 2. The van der Waals surface area contributed by atoms with Crippen molar-refractivity contribution >= 4 is 11.2 Å². The van der Waals surface area contributed by atoms with Crippen molar-refractivity contribution in [3.63, 3.8) is 0 Å². The van der Waals surface area contributed by atoms with Crippen molar-refractivity contribution in [3.8, 4) is 22.5 Å². The third-order valence-corrected chi connectivity index (χ3v) is 4.76. The molecular weight excluding hydrogens is 561 g/mol. The summed E-state index contributed by atoms with van der Waals surface area (Å²) in [4.78, 5) is 8.91. The summed E-state index contributed by atoms with van der Waals surface area (Å²) >= 11 is 0. The van der Waals surface area contributed by atoms with Gasteiger partial charge < -0.3 is 8.80 Å². The van der Waals surface area contributed by atoms with Crippen LogP contribution in [-0.4, -0.2) is 18.8 Å². The standard InChI is InChI=1S/2C13H9N2.Ir/c1-2-6-11(7-3-1)12-10-15-9-5-4-8-13(15)14-12;1-2-6-11(7-3-1)13-12-8-4-5-9-15(12)10-14-13;/h2*1-6,8-10H;/q2*-1;. The molecule has 0 fully saturated rings. The maximum absolute atomic E-state index is 4.51. The minimum absolute atomic E-state index is 0. The molecule has 0 aliphatic carbocycles. The maximum Gasteiger partial charge on any atom is 0.126 e. The van der Waals surface area contributed by atoms with Crippen LogP contribution in [0, 0.1) is 12.1 Å². The number of fused-ring (bicyclic) bond motifs is 2. The van der Waals surface area contributed by atoms with E-state index in [0.717, 1.165) is 33.7 Å². The van der Waals surface area contributed by atoms with Crippen LogP contribution in [-0.2, 0) is 20.1 Å². The second kappa shape index (κ2) is 9.52. The number of nitrogens with zero attached hydrogens (tertiary/aromatic N) is 4. The van der Waals surface area contributed by atoms with E-state index in [1.807, 2.05) is 113 Å². The normalized spacial score (nSPS) is 10.3. The summed E-state index contributed by atoms with van der Waals surface area (Å²) in [5.41, 5.74) is 6.08. The molecule has 0 aliphatic rings. The number of aromatic nitrogens is 4. The van der Waals surface area contributed by atoms with E-state index in [1.165, 1.54) is 0 Å². The van der Waals surface area contributed by atoms with E-state index in [2.05, 4.69) is 28.2 Å². The van der Waals surface area contributed by atoms with Gasteiger partial charge in [-0.15, -0.1) is 71.8 Å². The molecule has 0 aliphatic heterocycles. The molecule has 4 heterocycles. The van der Waals surface area contributed by atoms with Crippen molar-refractivity contribution < 1.29 is 20.1 Å². The zero-order valence-electron chi connectivity index (χ0n) is 16.5. The Morgan fingerprint density at radius 1 is 0.677 bits per heavy atom. The van der Waals surface area contributed by atoms with E-state index in [-0.39, 0.29) is 20.1 Å². The molecule has 0 bridgehead atoms. The first-order valence-electron chi connectivity index (χ1n) is 9.68. The molecule has 0 atom stereocenters. The van der Waals surface area contributed by atoms with Crippen molar-refractivity contribution in [3.05, 3.63) is 122 Å². The number of rotatable bonds is 2. The summed E-state index contributed by atoms with van der Waals surface area (Å²) in [5.74, 6) is 0. The topological polar surface area (TPSA) is 34.6 Å². The number of hydrogen-bond donors (Lipinski definition) is 0. The zero-order chi connectivity index (χ0) is 20.2. The fourth-order valence-electron chi connectivity index (χ4n) is 3.31. The van der Waals surface area contributed by atoms with Crippen molar-refractivity contribution in [1.29, 1.82) is 0 Å². The van der Waals surface area contributed by atoms with Gasteiger partial charge in [0.25, 0.3) is 0 Å². The minimum atomic E-state index is 0. The quantitative estimate of drug-likeness (QED) is 0.251. The molecule has 0 amide bonds. The van der Waals surface area contributed by atoms with Gasteiger partial charge in [0, 0.05) is 49.4 Å². The van der Waals surface area contributed by atoms with E-state index < -0.39 is 0 Å². The molecule has 6 aromatic rings. The molecule has 1 radical (unpaired) electrons. The third-order valence-electron chi connectivity index (χ3n) is 4.76. The van der Waals surface area contributed by atoms with Crippen LogP contribution in [0.3, 0.4) is 0 Å². The smallest absolute Gasteiger partial charge is 0.126 e. The van der Waals surface area contributed by atoms with Gasteiger partial charge in [0.15, 0.2) is 0 Å². The molecule has 0 spiro atoms. The molecule has 5 heteroatoms. The number of benzene rings is 2. The Morgan fingerprint density at radius 3 is 2.06 bits per heavy atom. The van der Waals surface area contributed by atoms with Crippen LogP contribution < -0.4 is 0 Å². The summed E-state index contributed by atoms with van der Waals surface area (Å²) in [5, 5.41) is 0. The van der Waals surface area contributed by atoms with Gasteiger partial charge in [0.1, 0.15) is 5.65 Å². The van der Waals surface area contributed by atoms with Crippen molar-refractivity contribution in [2.24, 2.45) is 0 Å². The summed E-state index contributed by atoms with van der Waals surface area (Å²) < 4.78 is 4.02. The Morgan fingerprint density at radius 2 is 1.35 bits per heavy atom. The Labute approximate surface area is 194 Å². The minimum Gasteiger partial charge on any atom is -0.316 e. The van der Waals surface area contributed by atoms with Crippen LogP contribution in [0.1, 0.15) is 0 Å². The van der Waals surface area contributed by atoms with Gasteiger partial charge in [-0.25, -0.2) is 0 Å². The molecule has 0 N–H and O–H groups in total. The van der Waals surface area contributed by atoms with Crippen LogP contribution in [0.15, 0.2) is 110 Å². The van der Waals surface area contributed by atoms with Crippen LogP contribution >= 0.6 is 0 Å². The molecule has 0 saturated carbocycles. The zero-order valence-corrected chi connectivity index (χ0v) is 18.9. The van der Waals surface area contributed by atoms with E-state index in [9.17, 15) is 0 Å². The predicted molar refractivity (Wildman–Crippen MR) is 119 cm³/mol. The summed E-state index contributed by atoms with van der Waals surface area (Å²) in [6.45, 7) is 0. The van der Waals surface area contributed by atoms with Gasteiger partial charge in [0.2, 0.25) is 0 Å². The Hall–Kier alpha value is -3.53. The maximum atomic E-state index is 4.51. The first-order valence-corrected chi connectivity index (χ1v) is 9.68. The summed E-state index contributed by atoms with van der Waals surface area (Å²) in [7, 11) is 0. The van der Waals surface area contributed by atoms with Crippen molar-refractivity contribution in [2.45, 2.75) is 0 Å². The first-order chi connectivity index (χ1) is 14.9. The van der Waals surface area contributed by atoms with Crippen LogP contribution in [0.2, 0.25) is 0 Å². The van der Waals surface area contributed by atoms with Gasteiger partial charge in [-0.2, -0.15) is 0 Å². The van der Waals surface area contributed by atoms with Gasteiger partial charge >= 0.3 is 0 Å². The second-order valence-electron chi connectivity index (χ2n) is 6.73. The molecule has 31 heavy (non-hydrogen) atoms. The van der Waals surface area contributed by atoms with Gasteiger partial charge in [-0.05, 0) is 30.5 Å². The fraction of sp³-hybridized carbons (Fsp3) is 0. The van der Waals surface area contributed by atoms with Gasteiger partial charge in [-0.3, -0.25) is 9.97 Å². The van der Waals surface area contributed by atoms with Crippen LogP contribution in [0.5, 0.6) is 0 Å². The molecule has 4 nitrogen and oxygen atoms in total. The second-order valence-corrected chi connectivity index (χ2v) is 6.73. The Balaban J connectivity index is 0.000000144. The largest absolute Gasteiger partial charge is 0.316 e. The molecule has 0 unspecified atom stereocenters.